The fourth-order valence-corrected chi connectivity index (χ4v) is 3.94. The third-order valence-electron chi connectivity index (χ3n) is 5.73. The molecule has 0 unspecified atom stereocenters. The SMILES string of the molecule is COc1ccccc1CN(C(=O)c1cnccn1)[C@@H](C(=O)Nc1ccc(F)cc1)c1ccccc1C. The smallest absolute Gasteiger partial charge is 0.275 e. The molecule has 8 heteroatoms. The van der Waals surface area contributed by atoms with E-state index in [1.807, 2.05) is 49.4 Å². The van der Waals surface area contributed by atoms with Crippen LogP contribution in [0.25, 0.3) is 0 Å². The Morgan fingerprint density at radius 2 is 1.72 bits per heavy atom. The lowest BCUT2D eigenvalue weighted by Gasteiger charge is -2.32. The summed E-state index contributed by atoms with van der Waals surface area (Å²) >= 11 is 0. The molecule has 1 N–H and O–H groups in total. The number of carbonyl (C=O) groups excluding carboxylic acids is 2. The lowest BCUT2D eigenvalue weighted by atomic mass is 9.97. The van der Waals surface area contributed by atoms with Gasteiger partial charge in [0.05, 0.1) is 19.9 Å². The summed E-state index contributed by atoms with van der Waals surface area (Å²) in [6, 6.07) is 19.1. The number of nitrogens with zero attached hydrogens (tertiary/aromatic N) is 3. The zero-order valence-electron chi connectivity index (χ0n) is 19.9. The van der Waals surface area contributed by atoms with Crippen molar-refractivity contribution in [1.29, 1.82) is 0 Å². The Labute approximate surface area is 208 Å². The molecule has 0 saturated heterocycles. The average molecular weight is 485 g/mol. The highest BCUT2D eigenvalue weighted by Crippen LogP contribution is 2.31. The fraction of sp³-hybridized carbons (Fsp3) is 0.143. The van der Waals surface area contributed by atoms with Crippen LogP contribution in [0.4, 0.5) is 10.1 Å². The number of ether oxygens (including phenoxy) is 1. The first kappa shape index (κ1) is 24.5. The maximum absolute atomic E-state index is 13.8. The molecule has 7 nitrogen and oxygen atoms in total. The van der Waals surface area contributed by atoms with Crippen LogP contribution in [0.5, 0.6) is 5.75 Å². The van der Waals surface area contributed by atoms with E-state index in [0.717, 1.165) is 5.56 Å². The highest BCUT2D eigenvalue weighted by molar-refractivity contribution is 6.01. The summed E-state index contributed by atoms with van der Waals surface area (Å²) in [4.78, 5) is 37.3. The van der Waals surface area contributed by atoms with Gasteiger partial charge in [-0.25, -0.2) is 9.37 Å². The molecule has 0 saturated carbocycles. The number of halogens is 1. The van der Waals surface area contributed by atoms with E-state index >= 15 is 0 Å². The summed E-state index contributed by atoms with van der Waals surface area (Å²) in [5.41, 5.74) is 2.69. The van der Waals surface area contributed by atoms with Gasteiger partial charge >= 0.3 is 0 Å². The van der Waals surface area contributed by atoms with Crippen LogP contribution in [0.3, 0.4) is 0 Å². The molecule has 1 heterocycles. The molecule has 1 atom stereocenters. The van der Waals surface area contributed by atoms with E-state index in [4.69, 9.17) is 4.74 Å². The molecule has 0 fully saturated rings. The standard InChI is InChI=1S/C28H25FN4O3/c1-19-7-3-5-9-23(19)26(27(34)32-22-13-11-21(29)12-14-22)33(28(35)24-17-30-15-16-31-24)18-20-8-4-6-10-25(20)36-2/h3-17,26H,18H2,1-2H3,(H,32,34)/t26-/m1/s1. The van der Waals surface area contributed by atoms with Crippen molar-refractivity contribution in [3.8, 4) is 5.75 Å². The minimum absolute atomic E-state index is 0.0647. The minimum Gasteiger partial charge on any atom is -0.496 e. The van der Waals surface area contributed by atoms with Crippen molar-refractivity contribution in [2.45, 2.75) is 19.5 Å². The van der Waals surface area contributed by atoms with E-state index in [1.54, 1.807) is 13.2 Å². The second kappa shape index (κ2) is 11.2. The van der Waals surface area contributed by atoms with Crippen molar-refractivity contribution < 1.29 is 18.7 Å². The van der Waals surface area contributed by atoms with Gasteiger partial charge in [-0.1, -0.05) is 42.5 Å². The molecule has 3 aromatic carbocycles. The zero-order valence-corrected chi connectivity index (χ0v) is 19.9. The summed E-state index contributed by atoms with van der Waals surface area (Å²) < 4.78 is 19.0. The second-order valence-corrected chi connectivity index (χ2v) is 8.09. The molecule has 182 valence electrons. The molecule has 0 aliphatic heterocycles. The number of methoxy groups -OCH3 is 1. The maximum Gasteiger partial charge on any atom is 0.275 e. The summed E-state index contributed by atoms with van der Waals surface area (Å²) in [5, 5.41) is 2.83. The maximum atomic E-state index is 13.8. The van der Waals surface area contributed by atoms with Crippen molar-refractivity contribution in [2.75, 3.05) is 12.4 Å². The van der Waals surface area contributed by atoms with Gasteiger partial charge < -0.3 is 15.0 Å². The van der Waals surface area contributed by atoms with Gasteiger partial charge in [0.15, 0.2) is 0 Å². The number of benzene rings is 3. The van der Waals surface area contributed by atoms with Crippen LogP contribution in [0.1, 0.15) is 33.2 Å². The topological polar surface area (TPSA) is 84.4 Å². The van der Waals surface area contributed by atoms with Crippen LogP contribution in [-0.4, -0.2) is 33.8 Å². The minimum atomic E-state index is -1.03. The molecule has 0 bridgehead atoms. The second-order valence-electron chi connectivity index (χ2n) is 8.09. The first-order valence-corrected chi connectivity index (χ1v) is 11.3. The van der Waals surface area contributed by atoms with E-state index < -0.39 is 23.7 Å². The Morgan fingerprint density at radius 1 is 1.00 bits per heavy atom. The lowest BCUT2D eigenvalue weighted by Crippen LogP contribution is -2.41. The number of aromatic nitrogens is 2. The predicted octanol–water partition coefficient (Wildman–Crippen LogP) is 4.96. The summed E-state index contributed by atoms with van der Waals surface area (Å²) in [5.74, 6) is -0.768. The van der Waals surface area contributed by atoms with Crippen molar-refractivity contribution in [1.82, 2.24) is 14.9 Å². The molecule has 0 radical (unpaired) electrons. The zero-order chi connectivity index (χ0) is 25.5. The first-order chi connectivity index (χ1) is 17.5. The summed E-state index contributed by atoms with van der Waals surface area (Å²) in [7, 11) is 1.55. The van der Waals surface area contributed by atoms with E-state index in [2.05, 4.69) is 15.3 Å². The molecule has 0 spiro atoms. The Morgan fingerprint density at radius 3 is 2.42 bits per heavy atom. The Kier molecular flexibility index (Phi) is 7.65. The normalized spacial score (nSPS) is 11.4. The molecule has 2 amide bonds. The van der Waals surface area contributed by atoms with E-state index in [9.17, 15) is 14.0 Å². The van der Waals surface area contributed by atoms with Gasteiger partial charge in [-0.05, 0) is 48.4 Å². The number of anilines is 1. The first-order valence-electron chi connectivity index (χ1n) is 11.3. The molecule has 4 rings (SSSR count). The van der Waals surface area contributed by atoms with E-state index in [-0.39, 0.29) is 12.2 Å². The molecule has 36 heavy (non-hydrogen) atoms. The van der Waals surface area contributed by atoms with Gasteiger partial charge in [-0.15, -0.1) is 0 Å². The van der Waals surface area contributed by atoms with Gasteiger partial charge in [0.25, 0.3) is 11.8 Å². The van der Waals surface area contributed by atoms with Gasteiger partial charge in [0, 0.05) is 23.6 Å². The molecular formula is C28H25FN4O3. The molecule has 1 aromatic heterocycles. The van der Waals surface area contributed by atoms with Gasteiger partial charge in [0.1, 0.15) is 23.3 Å². The number of aryl methyl sites for hydroxylation is 1. The highest BCUT2D eigenvalue weighted by atomic mass is 19.1. The monoisotopic (exact) mass is 484 g/mol. The summed E-state index contributed by atoms with van der Waals surface area (Å²) in [6.45, 7) is 1.94. The lowest BCUT2D eigenvalue weighted by molar-refractivity contribution is -0.121. The van der Waals surface area contributed by atoms with Crippen LogP contribution in [0.15, 0.2) is 91.4 Å². The molecule has 0 aliphatic rings. The largest absolute Gasteiger partial charge is 0.496 e. The molecule has 0 aliphatic carbocycles. The average Bonchev–Trinajstić information content (AvgIpc) is 2.91. The van der Waals surface area contributed by atoms with Crippen molar-refractivity contribution in [2.24, 2.45) is 0 Å². The van der Waals surface area contributed by atoms with Crippen LogP contribution in [0.2, 0.25) is 0 Å². The van der Waals surface area contributed by atoms with Gasteiger partial charge in [-0.2, -0.15) is 0 Å². The van der Waals surface area contributed by atoms with Crippen LogP contribution in [-0.2, 0) is 11.3 Å². The van der Waals surface area contributed by atoms with Gasteiger partial charge in [-0.3, -0.25) is 14.6 Å². The number of nitrogens with one attached hydrogen (secondary N) is 1. The predicted molar refractivity (Wildman–Crippen MR) is 134 cm³/mol. The van der Waals surface area contributed by atoms with Crippen LogP contribution >= 0.6 is 0 Å². The highest BCUT2D eigenvalue weighted by Gasteiger charge is 2.34. The molecule has 4 aromatic rings. The van der Waals surface area contributed by atoms with E-state index in [0.29, 0.717) is 22.6 Å². The number of hydrogen-bond acceptors (Lipinski definition) is 5. The third kappa shape index (κ3) is 5.55. The number of amides is 2. The van der Waals surface area contributed by atoms with E-state index in [1.165, 1.54) is 47.8 Å². The van der Waals surface area contributed by atoms with Crippen LogP contribution < -0.4 is 10.1 Å². The van der Waals surface area contributed by atoms with Crippen molar-refractivity contribution >= 4 is 17.5 Å². The number of rotatable bonds is 8. The molecular weight excluding hydrogens is 459 g/mol. The Balaban J connectivity index is 1.82. The number of para-hydroxylation sites is 1. The Bertz CT molecular complexity index is 1350. The third-order valence-corrected chi connectivity index (χ3v) is 5.73. The van der Waals surface area contributed by atoms with Crippen molar-refractivity contribution in [3.63, 3.8) is 0 Å². The Hall–Kier alpha value is -4.59. The van der Waals surface area contributed by atoms with Gasteiger partial charge in [0.2, 0.25) is 0 Å². The number of hydrogen-bond donors (Lipinski definition) is 1. The number of carbonyl (C=O) groups is 2. The summed E-state index contributed by atoms with van der Waals surface area (Å²) in [6.07, 6.45) is 4.27. The van der Waals surface area contributed by atoms with Crippen molar-refractivity contribution in [3.05, 3.63) is 120 Å². The quantitative estimate of drug-likeness (QED) is 0.382. The van der Waals surface area contributed by atoms with Crippen LogP contribution in [0, 0.1) is 12.7 Å². The fourth-order valence-electron chi connectivity index (χ4n) is 3.94.